The molecule has 1 atom stereocenters. The highest BCUT2D eigenvalue weighted by molar-refractivity contribution is 6.05. The highest BCUT2D eigenvalue weighted by Crippen LogP contribution is 2.34. The van der Waals surface area contributed by atoms with E-state index in [-0.39, 0.29) is 40.6 Å². The lowest BCUT2D eigenvalue weighted by atomic mass is 9.96. The number of halogens is 2. The third-order valence-corrected chi connectivity index (χ3v) is 7.29. The maximum Gasteiger partial charge on any atom is 0.282 e. The van der Waals surface area contributed by atoms with E-state index in [1.54, 1.807) is 33.2 Å². The van der Waals surface area contributed by atoms with Crippen molar-refractivity contribution in [3.63, 3.8) is 0 Å². The van der Waals surface area contributed by atoms with Gasteiger partial charge in [-0.05, 0) is 54.8 Å². The zero-order valence-corrected chi connectivity index (χ0v) is 25.6. The van der Waals surface area contributed by atoms with Gasteiger partial charge in [-0.25, -0.2) is 8.78 Å². The van der Waals surface area contributed by atoms with Gasteiger partial charge in [0.1, 0.15) is 11.4 Å². The van der Waals surface area contributed by atoms with Gasteiger partial charge in [-0.2, -0.15) is 10.2 Å². The minimum absolute atomic E-state index is 0.0245. The van der Waals surface area contributed by atoms with Crippen molar-refractivity contribution in [2.75, 3.05) is 44.8 Å². The van der Waals surface area contributed by atoms with Crippen molar-refractivity contribution < 1.29 is 32.6 Å². The molecule has 2 N–H and O–H groups in total. The monoisotopic (exact) mass is 636 g/mol. The summed E-state index contributed by atoms with van der Waals surface area (Å²) in [5.74, 6) is -4.22. The molecule has 14 heteroatoms. The molecule has 1 aromatic carbocycles. The molecule has 46 heavy (non-hydrogen) atoms. The van der Waals surface area contributed by atoms with Crippen LogP contribution in [0.5, 0.6) is 5.88 Å². The number of likely N-dealkylation sites (tertiary alicyclic amines) is 1. The second-order valence-corrected chi connectivity index (χ2v) is 11.5. The zero-order chi connectivity index (χ0) is 33.0. The smallest absolute Gasteiger partial charge is 0.282 e. The molecule has 1 unspecified atom stereocenters. The topological polar surface area (TPSA) is 148 Å². The fourth-order valence-corrected chi connectivity index (χ4v) is 5.15. The number of rotatable bonds is 10. The van der Waals surface area contributed by atoms with Crippen LogP contribution in [0.4, 0.5) is 14.6 Å². The number of carbonyl (C=O) groups excluding carboxylic acids is 2. The molecule has 4 heterocycles. The van der Waals surface area contributed by atoms with E-state index in [1.165, 1.54) is 34.9 Å². The van der Waals surface area contributed by atoms with Crippen molar-refractivity contribution in [2.24, 2.45) is 7.05 Å². The van der Waals surface area contributed by atoms with Crippen molar-refractivity contribution in [1.82, 2.24) is 19.8 Å². The van der Waals surface area contributed by atoms with Crippen LogP contribution in [0, 0.1) is 11.3 Å². The van der Waals surface area contributed by atoms with Gasteiger partial charge in [0.05, 0.1) is 56.8 Å². The van der Waals surface area contributed by atoms with Gasteiger partial charge < -0.3 is 34.3 Å². The van der Waals surface area contributed by atoms with E-state index in [2.05, 4.69) is 15.6 Å². The minimum Gasteiger partial charge on any atom is -0.475 e. The fraction of sp³-hybridized carbons (Fsp3) is 0.406. The van der Waals surface area contributed by atoms with E-state index in [0.29, 0.717) is 49.6 Å². The van der Waals surface area contributed by atoms with Gasteiger partial charge in [0, 0.05) is 38.0 Å². The first-order chi connectivity index (χ1) is 21.9. The summed E-state index contributed by atoms with van der Waals surface area (Å²) in [5.41, 5.74) is 0.949. The third-order valence-electron chi connectivity index (χ3n) is 7.29. The van der Waals surface area contributed by atoms with Crippen LogP contribution in [0.2, 0.25) is 0 Å². The van der Waals surface area contributed by atoms with Gasteiger partial charge in [-0.3, -0.25) is 14.4 Å². The summed E-state index contributed by atoms with van der Waals surface area (Å²) in [6, 6.07) is 10.9. The molecule has 0 bridgehead atoms. The second-order valence-electron chi connectivity index (χ2n) is 11.5. The lowest BCUT2D eigenvalue weighted by molar-refractivity contribution is -0.113. The number of carbonyl (C=O) groups is 2. The van der Waals surface area contributed by atoms with Crippen LogP contribution in [-0.2, 0) is 23.1 Å². The Morgan fingerprint density at radius 3 is 2.63 bits per heavy atom. The summed E-state index contributed by atoms with van der Waals surface area (Å²) in [4.78, 5) is 45.1. The van der Waals surface area contributed by atoms with Crippen molar-refractivity contribution >= 4 is 17.6 Å². The van der Waals surface area contributed by atoms with Crippen LogP contribution in [0.25, 0.3) is 11.1 Å². The molecule has 5 rings (SSSR count). The van der Waals surface area contributed by atoms with E-state index in [4.69, 9.17) is 14.2 Å². The molecular formula is C32H34F2N6O6. The van der Waals surface area contributed by atoms with Crippen LogP contribution in [0.15, 0.2) is 47.4 Å². The summed E-state index contributed by atoms with van der Waals surface area (Å²) in [6.45, 7) is 4.57. The number of amides is 2. The van der Waals surface area contributed by atoms with E-state index in [9.17, 15) is 28.4 Å². The molecule has 242 valence electrons. The molecule has 3 aromatic rings. The van der Waals surface area contributed by atoms with Crippen LogP contribution < -0.4 is 20.9 Å². The van der Waals surface area contributed by atoms with Gasteiger partial charge in [0.25, 0.3) is 23.3 Å². The Morgan fingerprint density at radius 1 is 1.17 bits per heavy atom. The normalized spacial score (nSPS) is 17.2. The highest BCUT2D eigenvalue weighted by atomic mass is 19.3. The van der Waals surface area contributed by atoms with E-state index in [0.717, 1.165) is 4.90 Å². The second kappa shape index (κ2) is 13.7. The summed E-state index contributed by atoms with van der Waals surface area (Å²) in [6.07, 6.45) is 1.23. The number of benzene rings is 1. The van der Waals surface area contributed by atoms with Crippen molar-refractivity contribution in [3.8, 4) is 23.1 Å². The number of hydrogen-bond acceptors (Lipinski definition) is 9. The molecule has 0 radical (unpaired) electrons. The summed E-state index contributed by atoms with van der Waals surface area (Å²) in [5, 5.41) is 15.4. The highest BCUT2D eigenvalue weighted by Gasteiger charge is 2.46. The zero-order valence-electron chi connectivity index (χ0n) is 25.6. The van der Waals surface area contributed by atoms with Crippen molar-refractivity contribution in [3.05, 3.63) is 75.2 Å². The van der Waals surface area contributed by atoms with Crippen LogP contribution in [0.1, 0.15) is 45.7 Å². The van der Waals surface area contributed by atoms with Gasteiger partial charge in [-0.1, -0.05) is 6.07 Å². The van der Waals surface area contributed by atoms with E-state index < -0.39 is 36.4 Å². The molecule has 0 spiro atoms. The van der Waals surface area contributed by atoms with Gasteiger partial charge in [0.2, 0.25) is 5.88 Å². The number of aryl methyl sites for hydroxylation is 1. The Kier molecular flexibility index (Phi) is 9.76. The Hall–Kier alpha value is -4.71. The van der Waals surface area contributed by atoms with Crippen LogP contribution >= 0.6 is 0 Å². The number of nitriles is 1. The summed E-state index contributed by atoms with van der Waals surface area (Å²) < 4.78 is 45.4. The first-order valence-corrected chi connectivity index (χ1v) is 14.7. The number of anilines is 1. The molecule has 2 fully saturated rings. The predicted octanol–water partition coefficient (Wildman–Crippen LogP) is 2.95. The van der Waals surface area contributed by atoms with E-state index >= 15 is 0 Å². The first kappa shape index (κ1) is 32.7. The maximum absolute atomic E-state index is 13.6. The van der Waals surface area contributed by atoms with Crippen LogP contribution in [-0.4, -0.2) is 83.9 Å². The standard InChI is InChI=1S/C32H34F2N6O6/c1-19(2)46-28-11-22(24-5-4-20(12-35)8-25(24)31(43)40-17-32(33,34)18-40)10-27(37-28)38-29(41)26-9-21(15-39(3)30(26)42)13-36-14-23-16-44-6-7-45-23/h4-5,8-11,15,19,23,36H,6-7,13-14,16-18H2,1-3H3,(H,37,38,41). The number of aromatic nitrogens is 2. The van der Waals surface area contributed by atoms with Crippen LogP contribution in [0.3, 0.4) is 0 Å². The molecule has 2 saturated heterocycles. The van der Waals surface area contributed by atoms with Crippen molar-refractivity contribution in [1.29, 1.82) is 5.26 Å². The third kappa shape index (κ3) is 7.74. The first-order valence-electron chi connectivity index (χ1n) is 14.7. The number of hydrogen-bond donors (Lipinski definition) is 2. The lowest BCUT2D eigenvalue weighted by Crippen LogP contribution is -2.58. The molecule has 2 amide bonds. The molecule has 2 aromatic heterocycles. The Balaban J connectivity index is 1.43. The minimum atomic E-state index is -2.97. The lowest BCUT2D eigenvalue weighted by Gasteiger charge is -2.39. The van der Waals surface area contributed by atoms with Crippen molar-refractivity contribution in [2.45, 2.75) is 38.5 Å². The number of pyridine rings is 2. The molecule has 0 aliphatic carbocycles. The fourth-order valence-electron chi connectivity index (χ4n) is 5.15. The molecule has 0 saturated carbocycles. The number of nitrogens with one attached hydrogen (secondary N) is 2. The Morgan fingerprint density at radius 2 is 1.96 bits per heavy atom. The van der Waals surface area contributed by atoms with Gasteiger partial charge in [-0.15, -0.1) is 0 Å². The Bertz CT molecular complexity index is 1720. The predicted molar refractivity (Wildman–Crippen MR) is 163 cm³/mol. The average Bonchev–Trinajstić information content (AvgIpc) is 3.00. The summed E-state index contributed by atoms with van der Waals surface area (Å²) >= 11 is 0. The molecular weight excluding hydrogens is 602 g/mol. The molecule has 2 aliphatic rings. The number of nitrogens with zero attached hydrogens (tertiary/aromatic N) is 4. The molecule has 12 nitrogen and oxygen atoms in total. The van der Waals surface area contributed by atoms with Gasteiger partial charge >= 0.3 is 0 Å². The largest absolute Gasteiger partial charge is 0.475 e. The van der Waals surface area contributed by atoms with Gasteiger partial charge in [0.15, 0.2) is 0 Å². The number of alkyl halides is 2. The van der Waals surface area contributed by atoms with E-state index in [1.807, 2.05) is 6.07 Å². The SMILES string of the molecule is CC(C)Oc1cc(-c2ccc(C#N)cc2C(=O)N2CC(F)(F)C2)cc(NC(=O)c2cc(CNCC3COCCO3)cn(C)c2=O)n1. The number of ether oxygens (including phenoxy) is 3. The molecule has 2 aliphatic heterocycles. The summed E-state index contributed by atoms with van der Waals surface area (Å²) in [7, 11) is 1.55. The average molecular weight is 637 g/mol. The quantitative estimate of drug-likeness (QED) is 0.343. The maximum atomic E-state index is 13.6. The Labute approximate surface area is 263 Å².